The number of piperazine rings is 1. The van der Waals surface area contributed by atoms with Gasteiger partial charge in [0.25, 0.3) is 0 Å². The Balaban J connectivity index is 2.18. The third kappa shape index (κ3) is 3.34. The van der Waals surface area contributed by atoms with Gasteiger partial charge in [-0.2, -0.15) is 13.2 Å². The summed E-state index contributed by atoms with van der Waals surface area (Å²) in [6, 6.07) is 3.90. The minimum atomic E-state index is -4.41. The number of nitrogens with zero attached hydrogens (tertiary/aromatic N) is 2. The molecule has 1 aliphatic rings. The number of hydrogen-bond donors (Lipinski definition) is 2. The third-order valence-corrected chi connectivity index (χ3v) is 3.46. The molecule has 1 aromatic rings. The van der Waals surface area contributed by atoms with Crippen LogP contribution in [-0.2, 0) is 6.18 Å². The summed E-state index contributed by atoms with van der Waals surface area (Å²) in [4.78, 5) is 3.75. The number of nitrogens with two attached hydrogens (primary N) is 1. The van der Waals surface area contributed by atoms with E-state index in [0.717, 1.165) is 6.07 Å². The minimum Gasteiger partial charge on any atom is -0.399 e. The van der Waals surface area contributed by atoms with Gasteiger partial charge in [-0.15, -0.1) is 0 Å². The molecule has 4 nitrogen and oxygen atoms in total. The van der Waals surface area contributed by atoms with Crippen molar-refractivity contribution in [1.29, 1.82) is 0 Å². The van der Waals surface area contributed by atoms with E-state index in [9.17, 15) is 13.2 Å². The Hall–Kier alpha value is -1.47. The van der Waals surface area contributed by atoms with Crippen molar-refractivity contribution >= 4 is 11.4 Å². The number of hydrogen-bond acceptors (Lipinski definition) is 4. The van der Waals surface area contributed by atoms with Crippen molar-refractivity contribution in [3.63, 3.8) is 0 Å². The average molecular weight is 289 g/mol. The van der Waals surface area contributed by atoms with Crippen molar-refractivity contribution in [1.82, 2.24) is 4.90 Å². The fourth-order valence-electron chi connectivity index (χ4n) is 2.41. The second kappa shape index (κ2) is 5.88. The summed E-state index contributed by atoms with van der Waals surface area (Å²) < 4.78 is 39.2. The summed E-state index contributed by atoms with van der Waals surface area (Å²) in [5.41, 5.74) is 5.06. The molecule has 1 saturated heterocycles. The average Bonchev–Trinajstić information content (AvgIpc) is 2.39. The van der Waals surface area contributed by atoms with Crippen molar-refractivity contribution in [3.8, 4) is 0 Å². The first kappa shape index (κ1) is 14.9. The van der Waals surface area contributed by atoms with Crippen LogP contribution in [0.1, 0.15) is 5.56 Å². The predicted octanol–water partition coefficient (Wildman–Crippen LogP) is 1.40. The highest BCUT2D eigenvalue weighted by atomic mass is 19.4. The van der Waals surface area contributed by atoms with Crippen LogP contribution >= 0.6 is 0 Å². The van der Waals surface area contributed by atoms with Gasteiger partial charge in [-0.25, -0.2) is 0 Å². The number of aliphatic hydroxyl groups is 1. The Kier molecular flexibility index (Phi) is 4.39. The van der Waals surface area contributed by atoms with Crippen LogP contribution in [0.2, 0.25) is 0 Å². The Morgan fingerprint density at radius 3 is 2.35 bits per heavy atom. The SMILES string of the molecule is Nc1ccc(N2CCN(CCO)CC2)c(C(F)(F)F)c1. The van der Waals surface area contributed by atoms with E-state index in [0.29, 0.717) is 32.7 Å². The predicted molar refractivity (Wildman–Crippen MR) is 71.6 cm³/mol. The molecule has 1 aromatic carbocycles. The van der Waals surface area contributed by atoms with Gasteiger partial charge in [0.05, 0.1) is 12.2 Å². The number of anilines is 2. The van der Waals surface area contributed by atoms with E-state index in [2.05, 4.69) is 0 Å². The molecule has 0 saturated carbocycles. The van der Waals surface area contributed by atoms with E-state index in [1.165, 1.54) is 12.1 Å². The maximum atomic E-state index is 13.1. The number of benzene rings is 1. The van der Waals surface area contributed by atoms with Gasteiger partial charge < -0.3 is 15.7 Å². The molecule has 0 bridgehead atoms. The molecule has 1 fully saturated rings. The summed E-state index contributed by atoms with van der Waals surface area (Å²) in [5, 5.41) is 8.86. The lowest BCUT2D eigenvalue weighted by atomic mass is 10.1. The van der Waals surface area contributed by atoms with Crippen molar-refractivity contribution in [2.24, 2.45) is 0 Å². The van der Waals surface area contributed by atoms with Crippen LogP contribution in [0.15, 0.2) is 18.2 Å². The lowest BCUT2D eigenvalue weighted by Gasteiger charge is -2.37. The Bertz CT molecular complexity index is 457. The zero-order valence-corrected chi connectivity index (χ0v) is 11.0. The molecule has 1 heterocycles. The van der Waals surface area contributed by atoms with Crippen molar-refractivity contribution in [3.05, 3.63) is 23.8 Å². The summed E-state index contributed by atoms with van der Waals surface area (Å²) in [6.45, 7) is 2.92. The molecule has 0 atom stereocenters. The van der Waals surface area contributed by atoms with E-state index in [-0.39, 0.29) is 18.0 Å². The van der Waals surface area contributed by atoms with Gasteiger partial charge >= 0.3 is 6.18 Å². The molecule has 0 unspecified atom stereocenters. The van der Waals surface area contributed by atoms with Crippen LogP contribution in [0, 0.1) is 0 Å². The smallest absolute Gasteiger partial charge is 0.399 e. The molecule has 20 heavy (non-hydrogen) atoms. The molecule has 0 radical (unpaired) electrons. The standard InChI is InChI=1S/C13H18F3N3O/c14-13(15,16)11-9-10(17)1-2-12(11)19-5-3-18(4-6-19)7-8-20/h1-2,9,20H,3-8,17H2. The molecule has 7 heteroatoms. The lowest BCUT2D eigenvalue weighted by Crippen LogP contribution is -2.47. The summed E-state index contributed by atoms with van der Waals surface area (Å²) in [6.07, 6.45) is -4.41. The maximum absolute atomic E-state index is 13.1. The highest BCUT2D eigenvalue weighted by Gasteiger charge is 2.35. The van der Waals surface area contributed by atoms with Gasteiger partial charge in [-0.1, -0.05) is 0 Å². The zero-order valence-electron chi connectivity index (χ0n) is 11.0. The normalized spacial score (nSPS) is 17.5. The quantitative estimate of drug-likeness (QED) is 0.826. The fraction of sp³-hybridized carbons (Fsp3) is 0.538. The number of β-amino-alcohol motifs (C(OH)–C–C–N with tert-alkyl or cyclic N) is 1. The van der Waals surface area contributed by atoms with E-state index in [1.807, 2.05) is 4.90 Å². The van der Waals surface area contributed by atoms with Crippen LogP contribution < -0.4 is 10.6 Å². The van der Waals surface area contributed by atoms with Gasteiger partial charge in [-0.3, -0.25) is 4.90 Å². The molecule has 112 valence electrons. The van der Waals surface area contributed by atoms with Crippen LogP contribution in [0.4, 0.5) is 24.5 Å². The van der Waals surface area contributed by atoms with Gasteiger partial charge in [0, 0.05) is 44.1 Å². The number of alkyl halides is 3. The molecular formula is C13H18F3N3O. The molecule has 2 rings (SSSR count). The van der Waals surface area contributed by atoms with Crippen LogP contribution in [0.3, 0.4) is 0 Å². The number of rotatable bonds is 3. The first-order chi connectivity index (χ1) is 9.41. The molecule has 0 amide bonds. The molecule has 0 aliphatic carbocycles. The van der Waals surface area contributed by atoms with Crippen molar-refractivity contribution in [2.45, 2.75) is 6.18 Å². The highest BCUT2D eigenvalue weighted by molar-refractivity contribution is 5.61. The third-order valence-electron chi connectivity index (χ3n) is 3.46. The monoisotopic (exact) mass is 289 g/mol. The van der Waals surface area contributed by atoms with Crippen LogP contribution in [0.25, 0.3) is 0 Å². The largest absolute Gasteiger partial charge is 0.418 e. The Morgan fingerprint density at radius 1 is 1.15 bits per heavy atom. The fourth-order valence-corrected chi connectivity index (χ4v) is 2.41. The van der Waals surface area contributed by atoms with Crippen molar-refractivity contribution < 1.29 is 18.3 Å². The first-order valence-electron chi connectivity index (χ1n) is 6.46. The second-order valence-corrected chi connectivity index (χ2v) is 4.83. The summed E-state index contributed by atoms with van der Waals surface area (Å²) >= 11 is 0. The first-order valence-corrected chi connectivity index (χ1v) is 6.46. The van der Waals surface area contributed by atoms with Gasteiger partial charge in [0.1, 0.15) is 0 Å². The molecule has 1 aliphatic heterocycles. The van der Waals surface area contributed by atoms with Crippen molar-refractivity contribution in [2.75, 3.05) is 50.0 Å². The van der Waals surface area contributed by atoms with Gasteiger partial charge in [-0.05, 0) is 18.2 Å². The van der Waals surface area contributed by atoms with Gasteiger partial charge in [0.2, 0.25) is 0 Å². The second-order valence-electron chi connectivity index (χ2n) is 4.83. The topological polar surface area (TPSA) is 52.7 Å². The minimum absolute atomic E-state index is 0.0652. The van der Waals surface area contributed by atoms with Gasteiger partial charge in [0.15, 0.2) is 0 Å². The summed E-state index contributed by atoms with van der Waals surface area (Å²) in [7, 11) is 0. The van der Waals surface area contributed by atoms with E-state index in [1.54, 1.807) is 4.90 Å². The van der Waals surface area contributed by atoms with E-state index in [4.69, 9.17) is 10.8 Å². The number of nitrogen functional groups attached to an aromatic ring is 1. The highest BCUT2D eigenvalue weighted by Crippen LogP contribution is 2.38. The number of aliphatic hydroxyl groups excluding tert-OH is 1. The number of halogens is 3. The maximum Gasteiger partial charge on any atom is 0.418 e. The molecular weight excluding hydrogens is 271 g/mol. The summed E-state index contributed by atoms with van der Waals surface area (Å²) in [5.74, 6) is 0. The van der Waals surface area contributed by atoms with Crippen LogP contribution in [-0.4, -0.2) is 49.3 Å². The lowest BCUT2D eigenvalue weighted by molar-refractivity contribution is -0.137. The van der Waals surface area contributed by atoms with Crippen LogP contribution in [0.5, 0.6) is 0 Å². The zero-order chi connectivity index (χ0) is 14.8. The Morgan fingerprint density at radius 2 is 1.80 bits per heavy atom. The molecule has 3 N–H and O–H groups in total. The Labute approximate surface area is 115 Å². The molecule has 0 aromatic heterocycles. The molecule has 0 spiro atoms. The van der Waals surface area contributed by atoms with E-state index < -0.39 is 11.7 Å². The van der Waals surface area contributed by atoms with E-state index >= 15 is 0 Å².